The van der Waals surface area contributed by atoms with Crippen molar-refractivity contribution in [2.45, 2.75) is 11.0 Å². The van der Waals surface area contributed by atoms with Crippen LogP contribution in [0.15, 0.2) is 18.2 Å². The highest BCUT2D eigenvalue weighted by Gasteiger charge is 2.33. The van der Waals surface area contributed by atoms with Crippen molar-refractivity contribution in [1.29, 1.82) is 0 Å². The molecule has 0 aliphatic rings. The molecule has 0 aromatic heterocycles. The molecule has 0 radical (unpaired) electrons. The first-order chi connectivity index (χ1) is 8.75. The predicted octanol–water partition coefficient (Wildman–Crippen LogP) is 3.71. The van der Waals surface area contributed by atoms with Gasteiger partial charge in [0.05, 0.1) is 17.7 Å². The predicted molar refractivity (Wildman–Crippen MR) is 69.7 cm³/mol. The van der Waals surface area contributed by atoms with Crippen LogP contribution >= 0.6 is 27.5 Å². The van der Waals surface area contributed by atoms with Gasteiger partial charge in [0.25, 0.3) is 0 Å². The molecule has 8 heteroatoms. The maximum atomic E-state index is 12.6. The summed E-state index contributed by atoms with van der Waals surface area (Å²) in [4.78, 5) is 10.5. The van der Waals surface area contributed by atoms with Crippen LogP contribution in [0, 0.1) is 0 Å². The molecule has 0 saturated heterocycles. The summed E-state index contributed by atoms with van der Waals surface area (Å²) >= 11 is 8.53. The van der Waals surface area contributed by atoms with Crippen molar-refractivity contribution >= 4 is 39.2 Å². The Bertz CT molecular complexity index is 468. The number of hydrogen-bond acceptors (Lipinski definition) is 3. The smallest absolute Gasteiger partial charge is 0.417 e. The monoisotopic (exact) mass is 359 g/mol. The number of rotatable bonds is 4. The molecule has 0 amide bonds. The van der Waals surface area contributed by atoms with Gasteiger partial charge in [-0.1, -0.05) is 27.5 Å². The number of anilines is 1. The van der Waals surface area contributed by atoms with E-state index in [9.17, 15) is 18.0 Å². The van der Waals surface area contributed by atoms with Gasteiger partial charge in [-0.2, -0.15) is 13.2 Å². The van der Waals surface area contributed by atoms with E-state index >= 15 is 0 Å². The lowest BCUT2D eigenvalue weighted by Crippen LogP contribution is -2.24. The standard InChI is InChI=1S/C11H10BrClF3NO2/c1-19-10(18)8(12)5-17-6-2-3-9(13)7(4-6)11(14,15)16/h2-4,8,17H,5H2,1H3. The van der Waals surface area contributed by atoms with Gasteiger partial charge in [0.1, 0.15) is 4.83 Å². The van der Waals surface area contributed by atoms with Gasteiger partial charge in [-0.25, -0.2) is 0 Å². The molecule has 0 heterocycles. The third-order valence-electron chi connectivity index (χ3n) is 2.21. The van der Waals surface area contributed by atoms with Crippen LogP contribution in [0.4, 0.5) is 18.9 Å². The molecule has 106 valence electrons. The van der Waals surface area contributed by atoms with Gasteiger partial charge < -0.3 is 10.1 Å². The minimum atomic E-state index is -4.52. The van der Waals surface area contributed by atoms with Crippen LogP contribution in [0.3, 0.4) is 0 Å². The average Bonchev–Trinajstić information content (AvgIpc) is 2.35. The maximum absolute atomic E-state index is 12.6. The minimum Gasteiger partial charge on any atom is -0.468 e. The lowest BCUT2D eigenvalue weighted by Gasteiger charge is -2.13. The van der Waals surface area contributed by atoms with Crippen molar-refractivity contribution in [3.05, 3.63) is 28.8 Å². The number of halogens is 5. The van der Waals surface area contributed by atoms with Gasteiger partial charge in [0, 0.05) is 12.2 Å². The molecule has 0 aliphatic carbocycles. The number of hydrogen-bond donors (Lipinski definition) is 1. The Hall–Kier alpha value is -0.950. The molecule has 1 aromatic rings. The number of esters is 1. The molecular formula is C11H10BrClF3NO2. The molecular weight excluding hydrogens is 350 g/mol. The second kappa shape index (κ2) is 6.47. The molecule has 1 N–H and O–H groups in total. The van der Waals surface area contributed by atoms with Crippen LogP contribution in [-0.2, 0) is 15.7 Å². The topological polar surface area (TPSA) is 38.3 Å². The van der Waals surface area contributed by atoms with E-state index < -0.39 is 22.5 Å². The van der Waals surface area contributed by atoms with Crippen LogP contribution in [0.5, 0.6) is 0 Å². The molecule has 1 aromatic carbocycles. The van der Waals surface area contributed by atoms with Crippen LogP contribution in [-0.4, -0.2) is 24.5 Å². The summed E-state index contributed by atoms with van der Waals surface area (Å²) in [7, 11) is 1.22. The Balaban J connectivity index is 2.78. The number of benzene rings is 1. The first kappa shape index (κ1) is 16.1. The Morgan fingerprint density at radius 2 is 2.16 bits per heavy atom. The fraction of sp³-hybridized carbons (Fsp3) is 0.364. The first-order valence-corrected chi connectivity index (χ1v) is 6.37. The SMILES string of the molecule is COC(=O)C(Br)CNc1ccc(Cl)c(C(F)(F)F)c1. The number of ether oxygens (including phenoxy) is 1. The molecule has 0 saturated carbocycles. The second-order valence-corrected chi connectivity index (χ2v) is 5.08. The highest BCUT2D eigenvalue weighted by molar-refractivity contribution is 9.10. The Labute approximate surface area is 121 Å². The zero-order valence-corrected chi connectivity index (χ0v) is 12.1. The third-order valence-corrected chi connectivity index (χ3v) is 3.24. The Morgan fingerprint density at radius 3 is 2.68 bits per heavy atom. The van der Waals surface area contributed by atoms with Crippen molar-refractivity contribution in [2.24, 2.45) is 0 Å². The van der Waals surface area contributed by atoms with Crippen molar-refractivity contribution in [2.75, 3.05) is 19.0 Å². The summed E-state index contributed by atoms with van der Waals surface area (Å²) in [6.45, 7) is 0.0889. The molecule has 1 rings (SSSR count). The van der Waals surface area contributed by atoms with Crippen molar-refractivity contribution < 1.29 is 22.7 Å². The molecule has 0 aliphatic heterocycles. The zero-order valence-electron chi connectivity index (χ0n) is 9.72. The molecule has 1 unspecified atom stereocenters. The number of methoxy groups -OCH3 is 1. The van der Waals surface area contributed by atoms with Gasteiger partial charge in [-0.3, -0.25) is 4.79 Å². The summed E-state index contributed by atoms with van der Waals surface area (Å²) in [6, 6.07) is 3.43. The molecule has 3 nitrogen and oxygen atoms in total. The lowest BCUT2D eigenvalue weighted by molar-refractivity contribution is -0.139. The summed E-state index contributed by atoms with van der Waals surface area (Å²) in [5.74, 6) is -0.516. The number of carbonyl (C=O) groups excluding carboxylic acids is 1. The second-order valence-electron chi connectivity index (χ2n) is 3.56. The van der Waals surface area contributed by atoms with E-state index in [0.29, 0.717) is 0 Å². The van der Waals surface area contributed by atoms with Gasteiger partial charge in [-0.05, 0) is 18.2 Å². The van der Waals surface area contributed by atoms with Crippen LogP contribution in [0.1, 0.15) is 5.56 Å². The van der Waals surface area contributed by atoms with E-state index in [0.717, 1.165) is 12.1 Å². The van der Waals surface area contributed by atoms with Crippen molar-refractivity contribution in [3.8, 4) is 0 Å². The normalized spacial score (nSPS) is 12.9. The van der Waals surface area contributed by atoms with Crippen LogP contribution in [0.2, 0.25) is 5.02 Å². The van der Waals surface area contributed by atoms with Gasteiger partial charge >= 0.3 is 12.1 Å². The minimum absolute atomic E-state index is 0.0889. The molecule has 0 fully saturated rings. The van der Waals surface area contributed by atoms with E-state index in [2.05, 4.69) is 26.0 Å². The van der Waals surface area contributed by atoms with E-state index in [-0.39, 0.29) is 17.3 Å². The fourth-order valence-electron chi connectivity index (χ4n) is 1.27. The zero-order chi connectivity index (χ0) is 14.6. The number of carbonyl (C=O) groups is 1. The number of nitrogens with one attached hydrogen (secondary N) is 1. The molecule has 1 atom stereocenters. The maximum Gasteiger partial charge on any atom is 0.417 e. The van der Waals surface area contributed by atoms with Crippen LogP contribution in [0.25, 0.3) is 0 Å². The van der Waals surface area contributed by atoms with Gasteiger partial charge in [-0.15, -0.1) is 0 Å². The highest BCUT2D eigenvalue weighted by Crippen LogP contribution is 2.36. The summed E-state index contributed by atoms with van der Waals surface area (Å²) in [6.07, 6.45) is -4.52. The van der Waals surface area contributed by atoms with Gasteiger partial charge in [0.2, 0.25) is 0 Å². The largest absolute Gasteiger partial charge is 0.468 e. The molecule has 0 spiro atoms. The van der Waals surface area contributed by atoms with Gasteiger partial charge in [0.15, 0.2) is 0 Å². The van der Waals surface area contributed by atoms with E-state index in [1.807, 2.05) is 0 Å². The lowest BCUT2D eigenvalue weighted by atomic mass is 10.2. The van der Waals surface area contributed by atoms with E-state index in [4.69, 9.17) is 11.6 Å². The highest BCUT2D eigenvalue weighted by atomic mass is 79.9. The molecule has 19 heavy (non-hydrogen) atoms. The average molecular weight is 361 g/mol. The summed E-state index contributed by atoms with van der Waals surface area (Å²) < 4.78 is 42.3. The Kier molecular flexibility index (Phi) is 5.49. The third kappa shape index (κ3) is 4.58. The van der Waals surface area contributed by atoms with E-state index in [1.54, 1.807) is 0 Å². The number of alkyl halides is 4. The van der Waals surface area contributed by atoms with Crippen LogP contribution < -0.4 is 5.32 Å². The van der Waals surface area contributed by atoms with E-state index in [1.165, 1.54) is 13.2 Å². The van der Waals surface area contributed by atoms with Crippen molar-refractivity contribution in [3.63, 3.8) is 0 Å². The fourth-order valence-corrected chi connectivity index (χ4v) is 1.84. The quantitative estimate of drug-likeness (QED) is 0.657. The molecule has 0 bridgehead atoms. The van der Waals surface area contributed by atoms with Crippen molar-refractivity contribution in [1.82, 2.24) is 0 Å². The first-order valence-electron chi connectivity index (χ1n) is 5.08. The summed E-state index contributed by atoms with van der Waals surface area (Å²) in [5.41, 5.74) is -0.714. The summed E-state index contributed by atoms with van der Waals surface area (Å²) in [5, 5.41) is 2.32. The Morgan fingerprint density at radius 1 is 1.53 bits per heavy atom.